The van der Waals surface area contributed by atoms with Gasteiger partial charge < -0.3 is 5.73 Å². The number of nitrogen functional groups attached to an aromatic ring is 1. The molecule has 0 atom stereocenters. The van der Waals surface area contributed by atoms with E-state index in [1.54, 1.807) is 0 Å². The summed E-state index contributed by atoms with van der Waals surface area (Å²) < 4.78 is 2.27. The van der Waals surface area contributed by atoms with E-state index in [4.69, 9.17) is 5.73 Å². The predicted molar refractivity (Wildman–Crippen MR) is 76.7 cm³/mol. The Hall–Kier alpha value is -0.550. The van der Waals surface area contributed by atoms with Gasteiger partial charge in [-0.05, 0) is 52.4 Å². The van der Waals surface area contributed by atoms with E-state index >= 15 is 0 Å². The molecule has 0 aliphatic carbocycles. The van der Waals surface area contributed by atoms with Crippen molar-refractivity contribution in [1.29, 1.82) is 0 Å². The van der Waals surface area contributed by atoms with Crippen LogP contribution in [0.2, 0.25) is 0 Å². The molecule has 2 rings (SSSR count). The molecule has 15 heavy (non-hydrogen) atoms. The lowest BCUT2D eigenvalue weighted by molar-refractivity contribution is 1.55. The summed E-state index contributed by atoms with van der Waals surface area (Å²) in [6.45, 7) is 0. The third-order valence-corrected chi connectivity index (χ3v) is 3.61. The number of anilines is 1. The van der Waals surface area contributed by atoms with E-state index in [9.17, 15) is 0 Å². The third kappa shape index (κ3) is 2.34. The molecule has 0 saturated carbocycles. The molecule has 0 aromatic heterocycles. The van der Waals surface area contributed by atoms with Crippen LogP contribution in [0.3, 0.4) is 0 Å². The average molecular weight is 374 g/mol. The second kappa shape index (κ2) is 4.53. The number of benzene rings is 2. The first kappa shape index (κ1) is 11.0. The summed E-state index contributed by atoms with van der Waals surface area (Å²) in [6, 6.07) is 14.1. The summed E-state index contributed by atoms with van der Waals surface area (Å²) in [5.74, 6) is 0. The van der Waals surface area contributed by atoms with Gasteiger partial charge in [0.1, 0.15) is 0 Å². The summed E-state index contributed by atoms with van der Waals surface area (Å²) in [7, 11) is 0. The Morgan fingerprint density at radius 2 is 1.73 bits per heavy atom. The summed E-state index contributed by atoms with van der Waals surface area (Å²) in [6.07, 6.45) is 0. The highest BCUT2D eigenvalue weighted by Gasteiger charge is 2.06. The molecule has 0 amide bonds. The second-order valence-corrected chi connectivity index (χ2v) is 5.29. The summed E-state index contributed by atoms with van der Waals surface area (Å²) >= 11 is 5.79. The van der Waals surface area contributed by atoms with Crippen LogP contribution in [0.1, 0.15) is 0 Å². The van der Waals surface area contributed by atoms with E-state index in [0.717, 1.165) is 15.7 Å². The summed E-state index contributed by atoms with van der Waals surface area (Å²) in [5, 5.41) is 0. The lowest BCUT2D eigenvalue weighted by Crippen LogP contribution is -1.91. The zero-order valence-corrected chi connectivity index (χ0v) is 11.6. The smallest absolute Gasteiger partial charge is 0.0394 e. The zero-order chi connectivity index (χ0) is 10.8. The molecule has 0 spiro atoms. The van der Waals surface area contributed by atoms with Gasteiger partial charge in [0, 0.05) is 19.3 Å². The molecule has 0 bridgehead atoms. The van der Waals surface area contributed by atoms with E-state index in [1.807, 2.05) is 30.3 Å². The molecule has 3 heteroatoms. The van der Waals surface area contributed by atoms with Crippen molar-refractivity contribution in [1.82, 2.24) is 0 Å². The van der Waals surface area contributed by atoms with Gasteiger partial charge in [-0.15, -0.1) is 0 Å². The number of para-hydroxylation sites is 1. The first-order chi connectivity index (χ1) is 7.18. The highest BCUT2D eigenvalue weighted by molar-refractivity contribution is 14.1. The number of halogens is 2. The lowest BCUT2D eigenvalue weighted by Gasteiger charge is -2.08. The van der Waals surface area contributed by atoms with Gasteiger partial charge in [-0.1, -0.05) is 34.1 Å². The molecular weight excluding hydrogens is 365 g/mol. The Kier molecular flexibility index (Phi) is 3.31. The molecule has 0 heterocycles. The molecule has 0 radical (unpaired) electrons. The van der Waals surface area contributed by atoms with Crippen LogP contribution in [0.25, 0.3) is 11.1 Å². The second-order valence-electron chi connectivity index (χ2n) is 3.21. The van der Waals surface area contributed by atoms with E-state index in [2.05, 4.69) is 50.7 Å². The molecule has 0 fully saturated rings. The lowest BCUT2D eigenvalue weighted by atomic mass is 10.0. The van der Waals surface area contributed by atoms with E-state index in [1.165, 1.54) is 9.13 Å². The highest BCUT2D eigenvalue weighted by Crippen LogP contribution is 2.31. The fourth-order valence-corrected chi connectivity index (χ4v) is 2.43. The fraction of sp³-hybridized carbons (Fsp3) is 0. The van der Waals surface area contributed by atoms with Crippen molar-refractivity contribution in [2.24, 2.45) is 0 Å². The van der Waals surface area contributed by atoms with Crippen LogP contribution in [-0.2, 0) is 0 Å². The third-order valence-electron chi connectivity index (χ3n) is 2.18. The van der Waals surface area contributed by atoms with Crippen LogP contribution < -0.4 is 5.73 Å². The molecule has 2 aromatic rings. The van der Waals surface area contributed by atoms with Gasteiger partial charge in [0.2, 0.25) is 0 Å². The van der Waals surface area contributed by atoms with Crippen LogP contribution in [0, 0.1) is 3.57 Å². The van der Waals surface area contributed by atoms with Crippen molar-refractivity contribution >= 4 is 44.2 Å². The van der Waals surface area contributed by atoms with Crippen molar-refractivity contribution in [3.63, 3.8) is 0 Å². The van der Waals surface area contributed by atoms with Gasteiger partial charge in [-0.3, -0.25) is 0 Å². The summed E-state index contributed by atoms with van der Waals surface area (Å²) in [5.41, 5.74) is 9.02. The van der Waals surface area contributed by atoms with Crippen molar-refractivity contribution in [2.75, 3.05) is 5.73 Å². The standard InChI is InChI=1S/C12H9BrIN/c13-8-5-6-11(14)10(7-8)9-3-1-2-4-12(9)15/h1-7H,15H2. The maximum atomic E-state index is 5.95. The van der Waals surface area contributed by atoms with Gasteiger partial charge in [-0.2, -0.15) is 0 Å². The first-order valence-corrected chi connectivity index (χ1v) is 6.35. The molecule has 0 aliphatic heterocycles. The maximum absolute atomic E-state index is 5.95. The van der Waals surface area contributed by atoms with Crippen LogP contribution in [0.15, 0.2) is 46.9 Å². The normalized spacial score (nSPS) is 10.3. The van der Waals surface area contributed by atoms with E-state index in [-0.39, 0.29) is 0 Å². The molecule has 0 aliphatic rings. The quantitative estimate of drug-likeness (QED) is 0.585. The Morgan fingerprint density at radius 1 is 1.00 bits per heavy atom. The summed E-state index contributed by atoms with van der Waals surface area (Å²) in [4.78, 5) is 0. The Labute approximate surface area is 111 Å². The van der Waals surface area contributed by atoms with Crippen molar-refractivity contribution in [3.8, 4) is 11.1 Å². The van der Waals surface area contributed by atoms with Gasteiger partial charge in [0.15, 0.2) is 0 Å². The zero-order valence-electron chi connectivity index (χ0n) is 7.87. The van der Waals surface area contributed by atoms with Crippen LogP contribution in [0.4, 0.5) is 5.69 Å². The molecule has 0 saturated heterocycles. The van der Waals surface area contributed by atoms with Gasteiger partial charge in [-0.25, -0.2) is 0 Å². The van der Waals surface area contributed by atoms with Crippen LogP contribution in [0.5, 0.6) is 0 Å². The first-order valence-electron chi connectivity index (χ1n) is 4.48. The molecule has 76 valence electrons. The van der Waals surface area contributed by atoms with Crippen molar-refractivity contribution < 1.29 is 0 Å². The predicted octanol–water partition coefficient (Wildman–Crippen LogP) is 4.30. The van der Waals surface area contributed by atoms with Gasteiger partial charge in [0.25, 0.3) is 0 Å². The van der Waals surface area contributed by atoms with Gasteiger partial charge in [0.05, 0.1) is 0 Å². The minimum Gasteiger partial charge on any atom is -0.398 e. The number of nitrogens with two attached hydrogens (primary N) is 1. The molecule has 2 aromatic carbocycles. The largest absolute Gasteiger partial charge is 0.398 e. The number of hydrogen-bond donors (Lipinski definition) is 1. The van der Waals surface area contributed by atoms with E-state index in [0.29, 0.717) is 0 Å². The van der Waals surface area contributed by atoms with E-state index < -0.39 is 0 Å². The SMILES string of the molecule is Nc1ccccc1-c1cc(Br)ccc1I. The monoisotopic (exact) mass is 373 g/mol. The van der Waals surface area contributed by atoms with Crippen LogP contribution >= 0.6 is 38.5 Å². The Balaban J connectivity index is 2.64. The fourth-order valence-electron chi connectivity index (χ4n) is 1.45. The molecule has 0 unspecified atom stereocenters. The Bertz CT molecular complexity index is 497. The average Bonchev–Trinajstić information content (AvgIpc) is 2.23. The Morgan fingerprint density at radius 3 is 2.47 bits per heavy atom. The maximum Gasteiger partial charge on any atom is 0.0394 e. The number of hydrogen-bond acceptors (Lipinski definition) is 1. The molecular formula is C12H9BrIN. The highest BCUT2D eigenvalue weighted by atomic mass is 127. The van der Waals surface area contributed by atoms with Crippen LogP contribution in [-0.4, -0.2) is 0 Å². The van der Waals surface area contributed by atoms with Crippen molar-refractivity contribution in [3.05, 3.63) is 50.5 Å². The number of rotatable bonds is 1. The topological polar surface area (TPSA) is 26.0 Å². The minimum absolute atomic E-state index is 0.813. The van der Waals surface area contributed by atoms with Crippen molar-refractivity contribution in [2.45, 2.75) is 0 Å². The molecule has 2 N–H and O–H groups in total. The molecule has 1 nitrogen and oxygen atoms in total. The minimum atomic E-state index is 0.813. The van der Waals surface area contributed by atoms with Gasteiger partial charge >= 0.3 is 0 Å².